The van der Waals surface area contributed by atoms with Crippen LogP contribution >= 0.6 is 46.4 Å². The molecule has 2 saturated heterocycles. The molecular weight excluding hydrogens is 1150 g/mol. The number of hydrogen-bond acceptors (Lipinski definition) is 22. The summed E-state index contributed by atoms with van der Waals surface area (Å²) in [5.41, 5.74) is 2.92. The minimum absolute atomic E-state index is 0.145. The second-order valence-corrected chi connectivity index (χ2v) is 20.0. The van der Waals surface area contributed by atoms with Crippen LogP contribution in [0.1, 0.15) is 74.1 Å². The zero-order chi connectivity index (χ0) is 59.6. The third-order valence-corrected chi connectivity index (χ3v) is 14.2. The number of halogens is 4. The highest BCUT2D eigenvalue weighted by molar-refractivity contribution is 6.43. The number of anilines is 2. The molecule has 0 saturated carbocycles. The Morgan fingerprint density at radius 1 is 0.556 bits per heavy atom. The number of esters is 8. The number of ether oxygens (including phenoxy) is 12. The van der Waals surface area contributed by atoms with Gasteiger partial charge in [0.25, 0.3) is 5.82 Å². The maximum atomic E-state index is 13.1. The van der Waals surface area contributed by atoms with Crippen molar-refractivity contribution in [2.24, 2.45) is 0 Å². The predicted molar refractivity (Wildman–Crippen MR) is 288 cm³/mol. The standard InChI is InChI=1S/C53H63Cl4N4O20/c1-11-58-36-22-32(54)33(55)23-37(36)59(12-2)40(58)16-13-17-41-60(18-14-20-72-52-48(78-30(7)66)44(76-28(5)64)42(74-26(3)62)46(80-52)50(68)70-9)38-24-34(56)35(57)25-39(38)61(41)19-15-21-73-53-49(79-31(8)67)45(77-29(6)65)43(75-27(4)63)47(81-53)51(69)71-10/h13,16-17,22-25,42-49,52-53H,11-12,14-15,18-21H2,1-10H3/q+1/t42-,43+,44-,45?,46?,47?,48?,49+,52+,53-/m0/s1. The van der Waals surface area contributed by atoms with Gasteiger partial charge in [0.1, 0.15) is 5.82 Å². The number of rotatable bonds is 22. The Morgan fingerprint density at radius 3 is 1.37 bits per heavy atom. The lowest BCUT2D eigenvalue weighted by Crippen LogP contribution is -2.63. The molecule has 6 rings (SSSR count). The summed E-state index contributed by atoms with van der Waals surface area (Å²) in [6, 6.07) is 6.99. The van der Waals surface area contributed by atoms with Crippen LogP contribution < -0.4 is 14.4 Å². The van der Waals surface area contributed by atoms with Gasteiger partial charge in [0, 0.05) is 85.7 Å². The second-order valence-electron chi connectivity index (χ2n) is 18.3. The van der Waals surface area contributed by atoms with E-state index >= 15 is 0 Å². The molecule has 1 aromatic heterocycles. The van der Waals surface area contributed by atoms with Crippen LogP contribution in [0, 0.1) is 0 Å². The number of benzene rings is 2. The average Bonchev–Trinajstić information content (AvgIpc) is 4.13. The van der Waals surface area contributed by atoms with Crippen LogP contribution in [-0.2, 0) is 108 Å². The van der Waals surface area contributed by atoms with E-state index in [4.69, 9.17) is 103 Å². The average molecular weight is 1220 g/mol. The molecule has 4 heterocycles. The summed E-state index contributed by atoms with van der Waals surface area (Å²) >= 11 is 26.5. The third kappa shape index (κ3) is 15.3. The van der Waals surface area contributed by atoms with E-state index in [1.807, 2.05) is 53.3 Å². The zero-order valence-electron chi connectivity index (χ0n) is 45.9. The number of aromatic nitrogens is 2. The van der Waals surface area contributed by atoms with Gasteiger partial charge in [-0.05, 0) is 32.1 Å². The summed E-state index contributed by atoms with van der Waals surface area (Å²) in [6.07, 6.45) is -9.84. The SMILES string of the molecule is CCN1C(=CC=Cc2n(CCCO[C@H]3OC(C(=O)OC)[C@H](OC(C)=O)C(OC(C)=O)[C@H]3OC(C)=O)c3cc(Cl)c(Cl)cc3[n+]2CCCO[C@@H]2OC(C(=O)OC)[C@@H](OC(C)=O)[C@H](OC(C)=O)C2OC(C)=O)N(CC)c2cc(Cl)c(Cl)cc21. The highest BCUT2D eigenvalue weighted by Crippen LogP contribution is 2.45. The second kappa shape index (κ2) is 28.6. The zero-order valence-corrected chi connectivity index (χ0v) is 49.0. The van der Waals surface area contributed by atoms with Crippen LogP contribution in [0.5, 0.6) is 0 Å². The van der Waals surface area contributed by atoms with E-state index in [2.05, 4.69) is 9.80 Å². The molecule has 0 spiro atoms. The number of hydrogen-bond donors (Lipinski definition) is 0. The van der Waals surface area contributed by atoms with Crippen LogP contribution in [0.15, 0.2) is 42.2 Å². The normalized spacial score (nSPS) is 23.4. The quantitative estimate of drug-likeness (QED) is 0.0486. The maximum absolute atomic E-state index is 13.1. The van der Waals surface area contributed by atoms with Crippen LogP contribution in [0.2, 0.25) is 20.1 Å². The Labute approximate surface area is 486 Å². The monoisotopic (exact) mass is 1220 g/mol. The predicted octanol–water partition coefficient (Wildman–Crippen LogP) is 5.96. The number of carbonyl (C=O) groups excluding carboxylic acids is 8. The molecule has 3 aromatic rings. The summed E-state index contributed by atoms with van der Waals surface area (Å²) in [6.45, 7) is 11.7. The number of nitrogens with zero attached hydrogens (tertiary/aromatic N) is 4. The molecular formula is C53H63Cl4N4O20+. The Kier molecular flexibility index (Phi) is 22.6. The smallest absolute Gasteiger partial charge is 0.339 e. The molecule has 4 unspecified atom stereocenters. The van der Waals surface area contributed by atoms with E-state index in [0.29, 0.717) is 40.0 Å². The fourth-order valence-electron chi connectivity index (χ4n) is 9.69. The van der Waals surface area contributed by atoms with Crippen molar-refractivity contribution in [1.82, 2.24) is 4.57 Å². The topological polar surface area (TPSA) is 263 Å². The van der Waals surface area contributed by atoms with Gasteiger partial charge in [-0.25, -0.2) is 18.7 Å². The molecule has 28 heteroatoms. The van der Waals surface area contributed by atoms with Crippen molar-refractivity contribution in [3.8, 4) is 0 Å². The Bertz CT molecular complexity index is 2750. The number of carbonyl (C=O) groups is 8. The molecule has 2 aromatic carbocycles. The molecule has 442 valence electrons. The summed E-state index contributed by atoms with van der Waals surface area (Å²) < 4.78 is 71.0. The minimum atomic E-state index is -1.68. The van der Waals surface area contributed by atoms with Gasteiger partial charge < -0.3 is 66.6 Å². The first-order valence-electron chi connectivity index (χ1n) is 25.5. The van der Waals surface area contributed by atoms with Crippen LogP contribution in [-0.4, -0.2) is 154 Å². The number of methoxy groups -OCH3 is 2. The van der Waals surface area contributed by atoms with Gasteiger partial charge in [0.2, 0.25) is 0 Å². The summed E-state index contributed by atoms with van der Waals surface area (Å²) in [5, 5.41) is 1.23. The molecule has 3 aliphatic heterocycles. The van der Waals surface area contributed by atoms with Crippen LogP contribution in [0.3, 0.4) is 0 Å². The van der Waals surface area contributed by atoms with E-state index < -0.39 is 109 Å². The molecule has 0 radical (unpaired) electrons. The van der Waals surface area contributed by atoms with Gasteiger partial charge >= 0.3 is 47.8 Å². The largest absolute Gasteiger partial charge is 0.467 e. The van der Waals surface area contributed by atoms with Crippen LogP contribution in [0.25, 0.3) is 17.1 Å². The highest BCUT2D eigenvalue weighted by atomic mass is 35.5. The fraction of sp³-hybridized carbons (Fsp3) is 0.528. The minimum Gasteiger partial charge on any atom is -0.467 e. The van der Waals surface area contributed by atoms with Crippen molar-refractivity contribution in [3.63, 3.8) is 0 Å². The first-order valence-corrected chi connectivity index (χ1v) is 27.0. The lowest BCUT2D eigenvalue weighted by atomic mass is 9.97. The highest BCUT2D eigenvalue weighted by Gasteiger charge is 2.57. The molecule has 3 aliphatic rings. The van der Waals surface area contributed by atoms with Gasteiger partial charge in [-0.1, -0.05) is 52.5 Å². The molecule has 81 heavy (non-hydrogen) atoms. The number of fused-ring (bicyclic) bond motifs is 2. The van der Waals surface area contributed by atoms with E-state index in [1.165, 1.54) is 0 Å². The molecule has 0 aliphatic carbocycles. The molecule has 0 N–H and O–H groups in total. The van der Waals surface area contributed by atoms with Gasteiger partial charge in [0.05, 0.1) is 72.0 Å². The Hall–Kier alpha value is -6.25. The number of allylic oxidation sites excluding steroid dienone is 2. The van der Waals surface area contributed by atoms with E-state index in [0.717, 1.165) is 73.0 Å². The third-order valence-electron chi connectivity index (χ3n) is 12.7. The summed E-state index contributed by atoms with van der Waals surface area (Å²) in [7, 11) is 2.15. The molecule has 0 bridgehead atoms. The molecule has 24 nitrogen and oxygen atoms in total. The van der Waals surface area contributed by atoms with E-state index in [1.54, 1.807) is 12.1 Å². The van der Waals surface area contributed by atoms with Crippen LogP contribution in [0.4, 0.5) is 11.4 Å². The molecule has 0 amide bonds. The van der Waals surface area contributed by atoms with Crippen molar-refractivity contribution in [3.05, 3.63) is 68.2 Å². The first-order chi connectivity index (χ1) is 38.4. The van der Waals surface area contributed by atoms with E-state index in [9.17, 15) is 38.4 Å². The Balaban J connectivity index is 1.38. The van der Waals surface area contributed by atoms with Gasteiger partial charge in [-0.2, -0.15) is 0 Å². The molecule has 2 fully saturated rings. The van der Waals surface area contributed by atoms with Crippen molar-refractivity contribution >= 4 is 123 Å². The fourth-order valence-corrected chi connectivity index (χ4v) is 10.3. The maximum Gasteiger partial charge on any atom is 0.339 e. The Morgan fingerprint density at radius 2 is 0.951 bits per heavy atom. The molecule has 10 atom stereocenters. The van der Waals surface area contributed by atoms with Crippen molar-refractivity contribution in [1.29, 1.82) is 0 Å². The van der Waals surface area contributed by atoms with Gasteiger partial charge in [0.15, 0.2) is 72.4 Å². The lowest BCUT2D eigenvalue weighted by molar-refractivity contribution is -0.674. The number of imidazole rings is 1. The van der Waals surface area contributed by atoms with E-state index in [-0.39, 0.29) is 49.2 Å². The van der Waals surface area contributed by atoms with Crippen molar-refractivity contribution < 1.29 is 99.8 Å². The first kappa shape index (κ1) is 63.9. The van der Waals surface area contributed by atoms with Crippen molar-refractivity contribution in [2.75, 3.05) is 50.3 Å². The van der Waals surface area contributed by atoms with Crippen molar-refractivity contribution in [2.45, 2.75) is 143 Å². The van der Waals surface area contributed by atoms with Gasteiger partial charge in [-0.3, -0.25) is 28.8 Å². The number of aryl methyl sites for hydroxylation is 2. The van der Waals surface area contributed by atoms with Gasteiger partial charge in [-0.15, -0.1) is 0 Å². The summed E-state index contributed by atoms with van der Waals surface area (Å²) in [5.74, 6) is -5.69. The lowest BCUT2D eigenvalue weighted by Gasteiger charge is -2.43. The summed E-state index contributed by atoms with van der Waals surface area (Å²) in [4.78, 5) is 105.